The number of ether oxygens (including phenoxy) is 1. The Hall–Kier alpha value is -3.61. The molecule has 2 bridgehead atoms. The Bertz CT molecular complexity index is 1290. The van der Waals surface area contributed by atoms with Gasteiger partial charge in [-0.05, 0) is 26.3 Å². The average Bonchev–Trinajstić information content (AvgIpc) is 3.32. The maximum Gasteiger partial charge on any atom is 0.166 e. The third-order valence-corrected chi connectivity index (χ3v) is 5.80. The first kappa shape index (κ1) is 19.4. The fourth-order valence-electron chi connectivity index (χ4n) is 4.29. The lowest BCUT2D eigenvalue weighted by Crippen LogP contribution is -2.09. The summed E-state index contributed by atoms with van der Waals surface area (Å²) in [5.74, 6) is 1.69. The number of hydrogen-bond donors (Lipinski definition) is 1. The molecule has 1 aliphatic heterocycles. The van der Waals surface area contributed by atoms with Gasteiger partial charge in [-0.3, -0.25) is 4.68 Å². The van der Waals surface area contributed by atoms with E-state index in [2.05, 4.69) is 42.2 Å². The molecule has 0 amide bonds. The van der Waals surface area contributed by atoms with Crippen LogP contribution in [0.1, 0.15) is 48.1 Å². The molecule has 0 radical (unpaired) electrons. The van der Waals surface area contributed by atoms with Crippen molar-refractivity contribution in [2.24, 2.45) is 7.05 Å². The van der Waals surface area contributed by atoms with Crippen LogP contribution in [0.2, 0.25) is 0 Å². The lowest BCUT2D eigenvalue weighted by atomic mass is 9.93. The van der Waals surface area contributed by atoms with E-state index in [9.17, 15) is 0 Å². The second kappa shape index (κ2) is 7.27. The number of nitrogens with zero attached hydrogens (tertiary/aromatic N) is 4. The molecule has 3 aromatic heterocycles. The highest BCUT2D eigenvalue weighted by Crippen LogP contribution is 2.39. The van der Waals surface area contributed by atoms with Gasteiger partial charge in [0, 0.05) is 53.7 Å². The van der Waals surface area contributed by atoms with Crippen molar-refractivity contribution in [1.82, 2.24) is 19.9 Å². The van der Waals surface area contributed by atoms with E-state index in [1.54, 1.807) is 6.20 Å². The van der Waals surface area contributed by atoms with E-state index >= 15 is 0 Å². The van der Waals surface area contributed by atoms with Crippen molar-refractivity contribution >= 4 is 5.82 Å². The van der Waals surface area contributed by atoms with Gasteiger partial charge in [0.15, 0.2) is 11.6 Å². The van der Waals surface area contributed by atoms with Gasteiger partial charge in [0.25, 0.3) is 0 Å². The Morgan fingerprint density at radius 1 is 1.26 bits per heavy atom. The number of hydrogen-bond acceptors (Lipinski definition) is 6. The van der Waals surface area contributed by atoms with E-state index in [1.807, 2.05) is 30.9 Å². The molecule has 4 heterocycles. The summed E-state index contributed by atoms with van der Waals surface area (Å²) in [6.07, 6.45) is 4.89. The molecule has 0 aliphatic carbocycles. The maximum atomic E-state index is 6.35. The maximum absolute atomic E-state index is 6.35. The third kappa shape index (κ3) is 3.26. The predicted molar refractivity (Wildman–Crippen MR) is 119 cm³/mol. The molecule has 2 N–H and O–H groups in total. The van der Waals surface area contributed by atoms with E-state index in [0.29, 0.717) is 18.0 Å². The Kier molecular flexibility index (Phi) is 4.54. The number of benzene rings is 1. The quantitative estimate of drug-likeness (QED) is 0.487. The highest BCUT2D eigenvalue weighted by Gasteiger charge is 2.25. The summed E-state index contributed by atoms with van der Waals surface area (Å²) < 4.78 is 14.0. The minimum Gasteiger partial charge on any atom is -0.482 e. The number of fused-ring (bicyclic) bond motifs is 7. The first-order valence-corrected chi connectivity index (χ1v) is 10.5. The molecule has 1 atom stereocenters. The molecule has 0 unspecified atom stereocenters. The summed E-state index contributed by atoms with van der Waals surface area (Å²) in [5, 5.41) is 9.12. The summed E-state index contributed by atoms with van der Waals surface area (Å²) in [6.45, 7) is 6.17. The molecular weight excluding hydrogens is 390 g/mol. The van der Waals surface area contributed by atoms with E-state index in [1.165, 1.54) is 0 Å². The molecule has 4 aromatic rings. The summed E-state index contributed by atoms with van der Waals surface area (Å²) in [7, 11) is 1.94. The number of anilines is 1. The molecule has 31 heavy (non-hydrogen) atoms. The fourth-order valence-corrected chi connectivity index (χ4v) is 4.29. The molecule has 0 fully saturated rings. The average molecular weight is 415 g/mol. The van der Waals surface area contributed by atoms with Gasteiger partial charge in [-0.25, -0.2) is 4.98 Å². The second-order valence-corrected chi connectivity index (χ2v) is 8.09. The van der Waals surface area contributed by atoms with Crippen LogP contribution < -0.4 is 10.5 Å². The van der Waals surface area contributed by atoms with E-state index in [-0.39, 0.29) is 6.10 Å². The largest absolute Gasteiger partial charge is 0.482 e. The third-order valence-electron chi connectivity index (χ3n) is 5.80. The van der Waals surface area contributed by atoms with Crippen LogP contribution in [0.4, 0.5) is 5.82 Å². The van der Waals surface area contributed by atoms with Crippen molar-refractivity contribution in [3.05, 3.63) is 64.8 Å². The number of aromatic nitrogens is 4. The SMILES string of the molecule is CCc1noc2c1-c1cnc(N)c(c1)O[C@H](C)c1cc(C)ccc1-c1nn(C)cc1C2. The van der Waals surface area contributed by atoms with Gasteiger partial charge in [0.1, 0.15) is 11.9 Å². The molecule has 0 spiro atoms. The highest BCUT2D eigenvalue weighted by molar-refractivity contribution is 5.73. The smallest absolute Gasteiger partial charge is 0.166 e. The zero-order valence-electron chi connectivity index (χ0n) is 18.1. The topological polar surface area (TPSA) is 92.0 Å². The van der Waals surface area contributed by atoms with Crippen LogP contribution in [0.15, 0.2) is 41.2 Å². The van der Waals surface area contributed by atoms with Gasteiger partial charge < -0.3 is 15.0 Å². The van der Waals surface area contributed by atoms with Gasteiger partial charge in [-0.15, -0.1) is 0 Å². The first-order valence-electron chi connectivity index (χ1n) is 10.5. The van der Waals surface area contributed by atoms with E-state index < -0.39 is 0 Å². The zero-order valence-corrected chi connectivity index (χ0v) is 18.1. The van der Waals surface area contributed by atoms with Crippen molar-refractivity contribution in [3.8, 4) is 28.1 Å². The number of aryl methyl sites for hydroxylation is 3. The fraction of sp³-hybridized carbons (Fsp3) is 0.292. The molecule has 1 aliphatic rings. The Labute approximate surface area is 180 Å². The number of nitrogens with two attached hydrogens (primary N) is 1. The summed E-state index contributed by atoms with van der Waals surface area (Å²) in [5.41, 5.74) is 14.1. The van der Waals surface area contributed by atoms with Crippen LogP contribution in [0, 0.1) is 6.92 Å². The summed E-state index contributed by atoms with van der Waals surface area (Å²) in [6, 6.07) is 8.29. The van der Waals surface area contributed by atoms with E-state index in [4.69, 9.17) is 20.1 Å². The van der Waals surface area contributed by atoms with Gasteiger partial charge in [0.05, 0.1) is 11.4 Å². The first-order chi connectivity index (χ1) is 14.9. The Morgan fingerprint density at radius 2 is 2.10 bits per heavy atom. The summed E-state index contributed by atoms with van der Waals surface area (Å²) >= 11 is 0. The van der Waals surface area contributed by atoms with Crippen LogP contribution >= 0.6 is 0 Å². The Morgan fingerprint density at radius 3 is 2.90 bits per heavy atom. The highest BCUT2D eigenvalue weighted by atomic mass is 16.5. The van der Waals surface area contributed by atoms with E-state index in [0.717, 1.165) is 56.9 Å². The molecule has 0 saturated carbocycles. The Balaban J connectivity index is 1.81. The van der Waals surface area contributed by atoms with Crippen LogP contribution in [0.25, 0.3) is 22.4 Å². The van der Waals surface area contributed by atoms with Gasteiger partial charge in [-0.2, -0.15) is 5.10 Å². The summed E-state index contributed by atoms with van der Waals surface area (Å²) in [4.78, 5) is 4.41. The minimum atomic E-state index is -0.240. The van der Waals surface area contributed by atoms with Crippen LogP contribution in [0.3, 0.4) is 0 Å². The molecule has 158 valence electrons. The van der Waals surface area contributed by atoms with Crippen molar-refractivity contribution in [2.75, 3.05) is 5.73 Å². The number of nitrogen functional groups attached to an aromatic ring is 1. The van der Waals surface area contributed by atoms with Gasteiger partial charge in [-0.1, -0.05) is 35.8 Å². The molecule has 5 rings (SSSR count). The number of pyridine rings is 1. The lowest BCUT2D eigenvalue weighted by molar-refractivity contribution is 0.228. The second-order valence-electron chi connectivity index (χ2n) is 8.09. The lowest BCUT2D eigenvalue weighted by Gasteiger charge is -2.21. The number of rotatable bonds is 1. The van der Waals surface area contributed by atoms with Crippen molar-refractivity contribution in [3.63, 3.8) is 0 Å². The zero-order chi connectivity index (χ0) is 21.7. The monoisotopic (exact) mass is 415 g/mol. The normalized spacial score (nSPS) is 15.2. The van der Waals surface area contributed by atoms with Crippen LogP contribution in [-0.2, 0) is 19.9 Å². The van der Waals surface area contributed by atoms with Gasteiger partial charge in [0.2, 0.25) is 0 Å². The van der Waals surface area contributed by atoms with Crippen molar-refractivity contribution in [1.29, 1.82) is 0 Å². The van der Waals surface area contributed by atoms with Gasteiger partial charge >= 0.3 is 0 Å². The molecule has 1 aromatic carbocycles. The van der Waals surface area contributed by atoms with Crippen molar-refractivity contribution in [2.45, 2.75) is 39.7 Å². The van der Waals surface area contributed by atoms with Crippen molar-refractivity contribution < 1.29 is 9.26 Å². The molecule has 7 heteroatoms. The van der Waals surface area contributed by atoms with Crippen LogP contribution in [0.5, 0.6) is 5.75 Å². The predicted octanol–water partition coefficient (Wildman–Crippen LogP) is 4.63. The minimum absolute atomic E-state index is 0.240. The standard InChI is InChI=1S/C24H25N5O2/c1-5-19-22-15-9-21(24(25)26-11-15)30-14(3)18-8-13(2)6-7-17(18)23-16(12-29(4)27-23)10-20(22)31-28-19/h6-9,11-12,14H,5,10H2,1-4H3,(H2,25,26)/t14-/m1/s1. The van der Waals surface area contributed by atoms with Crippen LogP contribution in [-0.4, -0.2) is 19.9 Å². The molecular formula is C24H25N5O2. The molecule has 7 nitrogen and oxygen atoms in total. The molecule has 0 saturated heterocycles.